The molecule has 0 spiro atoms. The number of allylic oxidation sites excluding steroid dienone is 1. The fourth-order valence-electron chi connectivity index (χ4n) is 0.766. The van der Waals surface area contributed by atoms with Crippen LogP contribution < -0.4 is 0 Å². The van der Waals surface area contributed by atoms with E-state index >= 15 is 0 Å². The van der Waals surface area contributed by atoms with Crippen molar-refractivity contribution in [2.75, 3.05) is 0 Å². The first-order valence-electron chi connectivity index (χ1n) is 3.31. The zero-order valence-corrected chi connectivity index (χ0v) is 7.71. The molecule has 62 valence electrons. The molecular formula is C9H6BrFO. The molecule has 0 saturated heterocycles. The van der Waals surface area contributed by atoms with Gasteiger partial charge in [-0.2, -0.15) is 0 Å². The minimum absolute atomic E-state index is 0.307. The van der Waals surface area contributed by atoms with Crippen LogP contribution in [0.5, 0.6) is 0 Å². The summed E-state index contributed by atoms with van der Waals surface area (Å²) in [4.78, 5) is 9.96. The molecule has 0 aliphatic heterocycles. The molecule has 0 aromatic heterocycles. The van der Waals surface area contributed by atoms with Crippen LogP contribution in [0.3, 0.4) is 0 Å². The van der Waals surface area contributed by atoms with Crippen molar-refractivity contribution < 1.29 is 9.18 Å². The van der Waals surface area contributed by atoms with Gasteiger partial charge in [0, 0.05) is 0 Å². The van der Waals surface area contributed by atoms with Crippen molar-refractivity contribution >= 4 is 28.3 Å². The lowest BCUT2D eigenvalue weighted by Crippen LogP contribution is -1.78. The Kier molecular flexibility index (Phi) is 3.17. The molecule has 0 radical (unpaired) electrons. The first kappa shape index (κ1) is 9.13. The zero-order chi connectivity index (χ0) is 8.97. The van der Waals surface area contributed by atoms with Gasteiger partial charge in [0.05, 0.1) is 4.47 Å². The molecule has 0 aliphatic carbocycles. The highest BCUT2D eigenvalue weighted by molar-refractivity contribution is 9.10. The fraction of sp³-hybridized carbons (Fsp3) is 0. The van der Waals surface area contributed by atoms with Crippen LogP contribution >= 0.6 is 15.9 Å². The van der Waals surface area contributed by atoms with Crippen LogP contribution in [-0.2, 0) is 4.79 Å². The second-order valence-corrected chi connectivity index (χ2v) is 3.02. The number of hydrogen-bond donors (Lipinski definition) is 0. The monoisotopic (exact) mass is 228 g/mol. The molecule has 12 heavy (non-hydrogen) atoms. The zero-order valence-electron chi connectivity index (χ0n) is 6.13. The molecule has 0 saturated carbocycles. The summed E-state index contributed by atoms with van der Waals surface area (Å²) in [6, 6.07) is 4.55. The molecule has 1 rings (SSSR count). The number of aldehydes is 1. The maximum Gasteiger partial charge on any atom is 0.142 e. The lowest BCUT2D eigenvalue weighted by Gasteiger charge is -1.95. The molecule has 0 heterocycles. The molecule has 0 unspecified atom stereocenters. The quantitative estimate of drug-likeness (QED) is 0.562. The lowest BCUT2D eigenvalue weighted by atomic mass is 10.2. The van der Waals surface area contributed by atoms with Gasteiger partial charge in [-0.25, -0.2) is 4.39 Å². The van der Waals surface area contributed by atoms with Crippen molar-refractivity contribution in [3.05, 3.63) is 40.1 Å². The van der Waals surface area contributed by atoms with Crippen molar-refractivity contribution in [3.63, 3.8) is 0 Å². The van der Waals surface area contributed by atoms with Gasteiger partial charge in [-0.05, 0) is 39.7 Å². The van der Waals surface area contributed by atoms with Gasteiger partial charge in [-0.3, -0.25) is 4.79 Å². The summed E-state index contributed by atoms with van der Waals surface area (Å²) in [5, 5.41) is 0. The summed E-state index contributed by atoms with van der Waals surface area (Å²) in [5.41, 5.74) is 0.787. The molecule has 1 aromatic carbocycles. The van der Waals surface area contributed by atoms with Crippen molar-refractivity contribution in [2.24, 2.45) is 0 Å². The first-order chi connectivity index (χ1) is 5.74. The molecular weight excluding hydrogens is 223 g/mol. The van der Waals surface area contributed by atoms with Gasteiger partial charge in [0.2, 0.25) is 0 Å². The molecule has 0 amide bonds. The maximum absolute atomic E-state index is 12.7. The Hall–Kier alpha value is -0.960. The van der Waals surface area contributed by atoms with E-state index in [1.807, 2.05) is 0 Å². The second-order valence-electron chi connectivity index (χ2n) is 2.17. The molecule has 0 N–H and O–H groups in total. The van der Waals surface area contributed by atoms with Gasteiger partial charge in [0.1, 0.15) is 12.1 Å². The van der Waals surface area contributed by atoms with Crippen LogP contribution in [0.15, 0.2) is 28.7 Å². The van der Waals surface area contributed by atoms with Crippen LogP contribution in [0.2, 0.25) is 0 Å². The van der Waals surface area contributed by atoms with Crippen LogP contribution in [0.1, 0.15) is 5.56 Å². The summed E-state index contributed by atoms with van der Waals surface area (Å²) >= 11 is 3.04. The van der Waals surface area contributed by atoms with E-state index in [0.717, 1.165) is 5.56 Å². The Morgan fingerprint density at radius 3 is 2.75 bits per heavy atom. The topological polar surface area (TPSA) is 17.1 Å². The molecule has 0 bridgehead atoms. The fourth-order valence-corrected chi connectivity index (χ4v) is 1.16. The highest BCUT2D eigenvalue weighted by Crippen LogP contribution is 2.17. The number of hydrogen-bond acceptors (Lipinski definition) is 1. The highest BCUT2D eigenvalue weighted by atomic mass is 79.9. The van der Waals surface area contributed by atoms with Crippen LogP contribution in [0.25, 0.3) is 6.08 Å². The van der Waals surface area contributed by atoms with Gasteiger partial charge in [0.25, 0.3) is 0 Å². The smallest absolute Gasteiger partial charge is 0.142 e. The number of carbonyl (C=O) groups excluding carboxylic acids is 1. The van der Waals surface area contributed by atoms with Gasteiger partial charge < -0.3 is 0 Å². The van der Waals surface area contributed by atoms with Crippen LogP contribution in [-0.4, -0.2) is 6.29 Å². The lowest BCUT2D eigenvalue weighted by molar-refractivity contribution is -0.104. The molecule has 3 heteroatoms. The van der Waals surface area contributed by atoms with E-state index in [1.54, 1.807) is 18.2 Å². The Morgan fingerprint density at radius 2 is 2.17 bits per heavy atom. The summed E-state index contributed by atoms with van der Waals surface area (Å²) in [6.07, 6.45) is 3.65. The summed E-state index contributed by atoms with van der Waals surface area (Å²) in [6.45, 7) is 0. The predicted molar refractivity (Wildman–Crippen MR) is 49.2 cm³/mol. The predicted octanol–water partition coefficient (Wildman–Crippen LogP) is 2.80. The summed E-state index contributed by atoms with van der Waals surface area (Å²) in [7, 11) is 0. The van der Waals surface area contributed by atoms with Crippen molar-refractivity contribution in [1.82, 2.24) is 0 Å². The third kappa shape index (κ3) is 2.27. The summed E-state index contributed by atoms with van der Waals surface area (Å²) < 4.78 is 13.1. The average molecular weight is 229 g/mol. The second kappa shape index (κ2) is 4.16. The van der Waals surface area contributed by atoms with Crippen molar-refractivity contribution in [1.29, 1.82) is 0 Å². The number of rotatable bonds is 2. The third-order valence-electron chi connectivity index (χ3n) is 1.31. The highest BCUT2D eigenvalue weighted by Gasteiger charge is 1.96. The number of carbonyl (C=O) groups is 1. The van der Waals surface area contributed by atoms with E-state index in [2.05, 4.69) is 15.9 Å². The Bertz CT molecular complexity index is 320. The number of benzene rings is 1. The van der Waals surface area contributed by atoms with E-state index in [9.17, 15) is 9.18 Å². The van der Waals surface area contributed by atoms with E-state index in [4.69, 9.17) is 0 Å². The van der Waals surface area contributed by atoms with Gasteiger partial charge in [0.15, 0.2) is 0 Å². The van der Waals surface area contributed by atoms with Gasteiger partial charge in [-0.15, -0.1) is 0 Å². The van der Waals surface area contributed by atoms with Gasteiger partial charge >= 0.3 is 0 Å². The molecule has 1 aromatic rings. The third-order valence-corrected chi connectivity index (χ3v) is 1.92. The van der Waals surface area contributed by atoms with E-state index in [1.165, 1.54) is 12.1 Å². The number of halogens is 2. The Morgan fingerprint density at radius 1 is 1.42 bits per heavy atom. The Balaban J connectivity index is 2.96. The maximum atomic E-state index is 12.7. The molecule has 0 fully saturated rings. The summed E-state index contributed by atoms with van der Waals surface area (Å²) in [5.74, 6) is -0.307. The van der Waals surface area contributed by atoms with Crippen LogP contribution in [0, 0.1) is 5.82 Å². The molecule has 0 aliphatic rings. The first-order valence-corrected chi connectivity index (χ1v) is 4.10. The van der Waals surface area contributed by atoms with Gasteiger partial charge in [-0.1, -0.05) is 12.1 Å². The Labute approximate surface area is 78.0 Å². The van der Waals surface area contributed by atoms with E-state index in [0.29, 0.717) is 10.8 Å². The SMILES string of the molecule is O=C/C=C/c1ccc(F)c(Br)c1. The normalized spacial score (nSPS) is 10.5. The minimum Gasteiger partial charge on any atom is -0.299 e. The largest absolute Gasteiger partial charge is 0.299 e. The van der Waals surface area contributed by atoms with E-state index < -0.39 is 0 Å². The van der Waals surface area contributed by atoms with Crippen LogP contribution in [0.4, 0.5) is 4.39 Å². The average Bonchev–Trinajstić information content (AvgIpc) is 2.07. The molecule has 1 nitrogen and oxygen atoms in total. The molecule has 0 atom stereocenters. The van der Waals surface area contributed by atoms with Crippen molar-refractivity contribution in [3.8, 4) is 0 Å². The van der Waals surface area contributed by atoms with Crippen molar-refractivity contribution in [2.45, 2.75) is 0 Å². The van der Waals surface area contributed by atoms with E-state index in [-0.39, 0.29) is 5.82 Å². The standard InChI is InChI=1S/C9H6BrFO/c10-8-6-7(2-1-5-12)3-4-9(8)11/h1-6H/b2-1+. The minimum atomic E-state index is -0.307.